The molecule has 0 spiro atoms. The first-order valence-electron chi connectivity index (χ1n) is 8.72. The number of halogens is 1. The van der Waals surface area contributed by atoms with Crippen molar-refractivity contribution < 1.29 is 9.16 Å². The van der Waals surface area contributed by atoms with Crippen LogP contribution in [0.4, 0.5) is 5.95 Å². The lowest BCUT2D eigenvalue weighted by Gasteiger charge is -2.36. The Morgan fingerprint density at radius 1 is 1.38 bits per heavy atom. The van der Waals surface area contributed by atoms with E-state index in [0.29, 0.717) is 17.0 Å². The zero-order chi connectivity index (χ0) is 19.3. The number of hydrogen-bond donors (Lipinski definition) is 2. The normalized spacial score (nSPS) is 21.6. The lowest BCUT2D eigenvalue weighted by atomic mass is 10.2. The van der Waals surface area contributed by atoms with Gasteiger partial charge in [-0.3, -0.25) is 14.3 Å². The highest BCUT2D eigenvalue weighted by atomic mass is 79.9. The summed E-state index contributed by atoms with van der Waals surface area (Å²) < 4.78 is 14.8. The second-order valence-electron chi connectivity index (χ2n) is 8.24. The Morgan fingerprint density at radius 2 is 2.08 bits per heavy atom. The SMILES string of the molecule is CC(C)(C)[Si](C)(C)OC[C@@H]1CC[C@H](n2c(Br)nc3c(=O)[nH]c(N)nc32)O1. The number of aromatic amines is 1. The fourth-order valence-electron chi connectivity index (χ4n) is 2.75. The number of aromatic nitrogens is 4. The molecule has 0 saturated carbocycles. The zero-order valence-corrected chi connectivity index (χ0v) is 18.4. The standard InChI is InChI=1S/C16H26BrN5O3Si/c1-16(2,3)26(4,5)24-8-9-6-7-10(25-9)22-12-11(19-14(22)17)13(23)21-15(18)20-12/h9-10H,6-8H2,1-5H3,(H3,18,20,21,23)/t9-,10+/m0/s1. The average Bonchev–Trinajstić information content (AvgIpc) is 3.08. The predicted molar refractivity (Wildman–Crippen MR) is 107 cm³/mol. The van der Waals surface area contributed by atoms with Crippen LogP contribution in [-0.2, 0) is 9.16 Å². The van der Waals surface area contributed by atoms with Crippen LogP contribution in [0.1, 0.15) is 39.8 Å². The van der Waals surface area contributed by atoms with Gasteiger partial charge in [-0.05, 0) is 46.9 Å². The topological polar surface area (TPSA) is 108 Å². The van der Waals surface area contributed by atoms with Gasteiger partial charge in [0.25, 0.3) is 5.56 Å². The fourth-order valence-corrected chi connectivity index (χ4v) is 4.36. The van der Waals surface area contributed by atoms with Gasteiger partial charge in [0.05, 0.1) is 12.7 Å². The number of nitrogens with two attached hydrogens (primary N) is 1. The molecular weight excluding hydrogens is 418 g/mol. The summed E-state index contributed by atoms with van der Waals surface area (Å²) in [5, 5.41) is 0.164. The van der Waals surface area contributed by atoms with Crippen molar-refractivity contribution in [2.24, 2.45) is 0 Å². The predicted octanol–water partition coefficient (Wildman–Crippen LogP) is 3.16. The molecule has 3 rings (SSSR count). The van der Waals surface area contributed by atoms with Crippen molar-refractivity contribution in [2.45, 2.75) is 64.1 Å². The molecule has 1 aliphatic heterocycles. The number of rotatable bonds is 4. The third-order valence-electron chi connectivity index (χ3n) is 5.34. The molecule has 26 heavy (non-hydrogen) atoms. The summed E-state index contributed by atoms with van der Waals surface area (Å²) in [5.41, 5.74) is 6.00. The molecule has 0 bridgehead atoms. The van der Waals surface area contributed by atoms with Crippen LogP contribution in [0.2, 0.25) is 18.1 Å². The summed E-state index contributed by atoms with van der Waals surface area (Å²) in [5.74, 6) is 0.0620. The summed E-state index contributed by atoms with van der Waals surface area (Å²) in [6.45, 7) is 11.7. The summed E-state index contributed by atoms with van der Waals surface area (Å²) in [4.78, 5) is 23.0. The molecule has 3 N–H and O–H groups in total. The van der Waals surface area contributed by atoms with Gasteiger partial charge in [0.15, 0.2) is 24.2 Å². The van der Waals surface area contributed by atoms with Crippen molar-refractivity contribution in [2.75, 3.05) is 12.3 Å². The minimum absolute atomic E-state index is 0.0119. The second-order valence-corrected chi connectivity index (χ2v) is 13.8. The molecule has 2 aromatic rings. The Bertz CT molecular complexity index is 873. The van der Waals surface area contributed by atoms with E-state index in [9.17, 15) is 4.79 Å². The number of fused-ring (bicyclic) bond motifs is 1. The van der Waals surface area contributed by atoms with Gasteiger partial charge in [0.2, 0.25) is 5.95 Å². The number of ether oxygens (including phenoxy) is 1. The number of nitrogen functional groups attached to an aromatic ring is 1. The van der Waals surface area contributed by atoms with Crippen molar-refractivity contribution in [3.63, 3.8) is 0 Å². The number of H-pyrrole nitrogens is 1. The highest BCUT2D eigenvalue weighted by molar-refractivity contribution is 9.10. The Labute approximate surface area is 161 Å². The monoisotopic (exact) mass is 443 g/mol. The van der Waals surface area contributed by atoms with Crippen molar-refractivity contribution in [1.82, 2.24) is 19.5 Å². The van der Waals surface area contributed by atoms with Gasteiger partial charge in [-0.2, -0.15) is 4.98 Å². The Kier molecular flexibility index (Phi) is 5.06. The summed E-state index contributed by atoms with van der Waals surface area (Å²) in [6, 6.07) is 0. The van der Waals surface area contributed by atoms with Gasteiger partial charge in [0, 0.05) is 0 Å². The smallest absolute Gasteiger partial charge is 0.280 e. The molecule has 0 aliphatic carbocycles. The van der Waals surface area contributed by atoms with E-state index < -0.39 is 8.32 Å². The number of anilines is 1. The van der Waals surface area contributed by atoms with E-state index in [4.69, 9.17) is 14.9 Å². The molecule has 0 amide bonds. The van der Waals surface area contributed by atoms with Gasteiger partial charge in [-0.15, -0.1) is 0 Å². The summed E-state index contributed by atoms with van der Waals surface area (Å²) >= 11 is 3.41. The highest BCUT2D eigenvalue weighted by Crippen LogP contribution is 2.38. The molecule has 3 heterocycles. The van der Waals surface area contributed by atoms with Crippen molar-refractivity contribution in [3.8, 4) is 0 Å². The summed E-state index contributed by atoms with van der Waals surface area (Å²) in [7, 11) is -1.81. The molecule has 144 valence electrons. The third kappa shape index (κ3) is 3.60. The van der Waals surface area contributed by atoms with E-state index in [1.165, 1.54) is 0 Å². The first kappa shape index (κ1) is 19.5. The molecule has 2 atom stereocenters. The highest BCUT2D eigenvalue weighted by Gasteiger charge is 2.39. The molecule has 1 saturated heterocycles. The minimum Gasteiger partial charge on any atom is -0.414 e. The first-order valence-corrected chi connectivity index (χ1v) is 12.4. The van der Waals surface area contributed by atoms with E-state index >= 15 is 0 Å². The van der Waals surface area contributed by atoms with Crippen LogP contribution in [0, 0.1) is 0 Å². The van der Waals surface area contributed by atoms with Crippen LogP contribution in [0.5, 0.6) is 0 Å². The molecule has 2 aromatic heterocycles. The Balaban J connectivity index is 1.77. The van der Waals surface area contributed by atoms with Crippen molar-refractivity contribution in [1.29, 1.82) is 0 Å². The van der Waals surface area contributed by atoms with Crippen LogP contribution < -0.4 is 11.3 Å². The van der Waals surface area contributed by atoms with Crippen molar-refractivity contribution >= 4 is 41.4 Å². The van der Waals surface area contributed by atoms with Crippen LogP contribution in [-0.4, -0.2) is 40.5 Å². The van der Waals surface area contributed by atoms with E-state index in [-0.39, 0.29) is 34.4 Å². The molecular formula is C16H26BrN5O3Si. The third-order valence-corrected chi connectivity index (χ3v) is 10.4. The maximum Gasteiger partial charge on any atom is 0.280 e. The van der Waals surface area contributed by atoms with Crippen LogP contribution in [0.3, 0.4) is 0 Å². The van der Waals surface area contributed by atoms with Gasteiger partial charge in [0.1, 0.15) is 6.23 Å². The quantitative estimate of drug-likeness (QED) is 0.554. The largest absolute Gasteiger partial charge is 0.414 e. The summed E-state index contributed by atoms with van der Waals surface area (Å²) in [6.07, 6.45) is 1.43. The molecule has 1 fully saturated rings. The zero-order valence-electron chi connectivity index (χ0n) is 15.8. The maximum absolute atomic E-state index is 12.0. The van der Waals surface area contributed by atoms with Crippen molar-refractivity contribution in [3.05, 3.63) is 15.1 Å². The molecule has 0 unspecified atom stereocenters. The average molecular weight is 444 g/mol. The Morgan fingerprint density at radius 3 is 2.73 bits per heavy atom. The lowest BCUT2D eigenvalue weighted by Crippen LogP contribution is -2.42. The molecule has 1 aliphatic rings. The van der Waals surface area contributed by atoms with Gasteiger partial charge >= 0.3 is 0 Å². The number of nitrogens with zero attached hydrogens (tertiary/aromatic N) is 3. The van der Waals surface area contributed by atoms with Gasteiger partial charge in [-0.1, -0.05) is 20.8 Å². The van der Waals surface area contributed by atoms with E-state index in [2.05, 4.69) is 64.7 Å². The first-order chi connectivity index (χ1) is 12.0. The lowest BCUT2D eigenvalue weighted by molar-refractivity contribution is -0.0192. The molecule has 0 aromatic carbocycles. The van der Waals surface area contributed by atoms with E-state index in [0.717, 1.165) is 12.8 Å². The molecule has 10 heteroatoms. The van der Waals surface area contributed by atoms with Gasteiger partial charge < -0.3 is 14.9 Å². The Hall–Kier alpha value is -1.23. The van der Waals surface area contributed by atoms with Crippen LogP contribution in [0.15, 0.2) is 9.53 Å². The number of imidazole rings is 1. The fraction of sp³-hybridized carbons (Fsp3) is 0.688. The van der Waals surface area contributed by atoms with Gasteiger partial charge in [-0.25, -0.2) is 4.98 Å². The maximum atomic E-state index is 12.0. The van der Waals surface area contributed by atoms with Crippen LogP contribution >= 0.6 is 15.9 Å². The minimum atomic E-state index is -1.81. The number of hydrogen-bond acceptors (Lipinski definition) is 6. The second kappa shape index (κ2) is 6.74. The molecule has 8 nitrogen and oxygen atoms in total. The van der Waals surface area contributed by atoms with E-state index in [1.807, 2.05) is 0 Å². The van der Waals surface area contributed by atoms with E-state index in [1.54, 1.807) is 4.57 Å². The molecule has 0 radical (unpaired) electrons. The number of nitrogens with one attached hydrogen (secondary N) is 1. The van der Waals surface area contributed by atoms with Crippen LogP contribution in [0.25, 0.3) is 11.2 Å².